The molecular formula is C29H37NO. The van der Waals surface area contributed by atoms with Crippen LogP contribution in [0.25, 0.3) is 11.1 Å². The average molecular weight is 416 g/mol. The lowest BCUT2D eigenvalue weighted by atomic mass is 9.86. The molecule has 5 rings (SSSR count). The van der Waals surface area contributed by atoms with Crippen LogP contribution in [-0.4, -0.2) is 5.78 Å². The van der Waals surface area contributed by atoms with E-state index >= 15 is 0 Å². The van der Waals surface area contributed by atoms with Crippen molar-refractivity contribution in [3.05, 3.63) is 70.4 Å². The number of nitrogens with one attached hydrogen (secondary N) is 1. The van der Waals surface area contributed by atoms with Crippen LogP contribution in [-0.2, 0) is 6.42 Å². The van der Waals surface area contributed by atoms with Gasteiger partial charge in [0.05, 0.1) is 6.04 Å². The third kappa shape index (κ3) is 3.86. The highest BCUT2D eigenvalue weighted by molar-refractivity contribution is 6.03. The Balaban J connectivity index is 0.00000112. The van der Waals surface area contributed by atoms with Gasteiger partial charge in [-0.15, -0.1) is 0 Å². The first-order valence-electron chi connectivity index (χ1n) is 12.5. The molecule has 2 aliphatic carbocycles. The van der Waals surface area contributed by atoms with Crippen molar-refractivity contribution >= 4 is 5.78 Å². The Morgan fingerprint density at radius 3 is 2.48 bits per heavy atom. The fourth-order valence-corrected chi connectivity index (χ4v) is 5.75. The van der Waals surface area contributed by atoms with Crippen LogP contribution in [0.1, 0.15) is 111 Å². The van der Waals surface area contributed by atoms with E-state index in [2.05, 4.69) is 61.8 Å². The summed E-state index contributed by atoms with van der Waals surface area (Å²) >= 11 is 0. The summed E-state index contributed by atoms with van der Waals surface area (Å²) in [5.74, 6) is 1.61. The molecule has 0 saturated heterocycles. The summed E-state index contributed by atoms with van der Waals surface area (Å²) in [5, 5.41) is 3.48. The quantitative estimate of drug-likeness (QED) is 0.523. The lowest BCUT2D eigenvalue weighted by Crippen LogP contribution is -2.09. The van der Waals surface area contributed by atoms with Crippen LogP contribution in [0.5, 0.6) is 0 Å². The number of benzene rings is 2. The highest BCUT2D eigenvalue weighted by Crippen LogP contribution is 2.51. The number of hydrogen-bond acceptors (Lipinski definition) is 2. The van der Waals surface area contributed by atoms with E-state index in [1.807, 2.05) is 13.8 Å². The van der Waals surface area contributed by atoms with Crippen LogP contribution in [0.3, 0.4) is 0 Å². The normalized spacial score (nSPS) is 20.2. The maximum atomic E-state index is 12.4. The van der Waals surface area contributed by atoms with Crippen molar-refractivity contribution in [3.63, 3.8) is 0 Å². The van der Waals surface area contributed by atoms with Crippen LogP contribution >= 0.6 is 0 Å². The Morgan fingerprint density at radius 1 is 1.00 bits per heavy atom. The van der Waals surface area contributed by atoms with Crippen molar-refractivity contribution in [3.8, 4) is 11.1 Å². The monoisotopic (exact) mass is 415 g/mol. The summed E-state index contributed by atoms with van der Waals surface area (Å²) in [6, 6.07) is 11.9. The summed E-state index contributed by atoms with van der Waals surface area (Å²) in [4.78, 5) is 12.4. The maximum Gasteiger partial charge on any atom is 0.163 e. The van der Waals surface area contributed by atoms with Crippen molar-refractivity contribution in [2.24, 2.45) is 5.92 Å². The summed E-state index contributed by atoms with van der Waals surface area (Å²) in [6.07, 6.45) is 11.9. The lowest BCUT2D eigenvalue weighted by Gasteiger charge is -2.19. The molecule has 0 fully saturated rings. The van der Waals surface area contributed by atoms with Crippen LogP contribution in [0.4, 0.5) is 0 Å². The van der Waals surface area contributed by atoms with Gasteiger partial charge in [0.2, 0.25) is 0 Å². The van der Waals surface area contributed by atoms with Gasteiger partial charge in [0.1, 0.15) is 0 Å². The molecule has 0 saturated carbocycles. The number of ketones is 1. The molecule has 164 valence electrons. The van der Waals surface area contributed by atoms with E-state index in [0.29, 0.717) is 24.2 Å². The number of Topliss-reactive ketones (excluding diaryl/α,β-unsaturated/α-hetero) is 1. The van der Waals surface area contributed by atoms with Crippen molar-refractivity contribution in [2.45, 2.75) is 84.6 Å². The number of carbonyl (C=O) groups excluding carboxylic acids is 1. The highest BCUT2D eigenvalue weighted by atomic mass is 16.1. The third-order valence-electron chi connectivity index (χ3n) is 7.55. The van der Waals surface area contributed by atoms with Gasteiger partial charge in [0, 0.05) is 17.9 Å². The van der Waals surface area contributed by atoms with Crippen molar-refractivity contribution in [1.82, 2.24) is 5.32 Å². The fraction of sp³-hybridized carbons (Fsp3) is 0.483. The van der Waals surface area contributed by atoms with E-state index in [1.165, 1.54) is 59.1 Å². The standard InChI is InChI=1S/C27H31NO.C2H6/c1-3-17(4-2)7-9-19-20-10-8-18(25-6-5-15-28-25)16-24(20)27-22(19)12-11-21-23(27)13-14-26(21)29;1-2/h5,8,10-12,15-17,19,25,28H,3-4,6-7,9,13-14H2,1-2H3;1-2H3. The SMILES string of the molecule is CC.CCC(CC)CCC1c2ccc(C3CC=CN3)cc2-c2c1ccc1c2CCC1=O. The molecule has 0 bridgehead atoms. The molecule has 2 atom stereocenters. The number of fused-ring (bicyclic) bond motifs is 5. The smallest absolute Gasteiger partial charge is 0.163 e. The van der Waals surface area contributed by atoms with Gasteiger partial charge in [-0.2, -0.15) is 0 Å². The van der Waals surface area contributed by atoms with Crippen molar-refractivity contribution in [2.75, 3.05) is 0 Å². The summed E-state index contributed by atoms with van der Waals surface area (Å²) in [5.41, 5.74) is 9.39. The molecule has 0 amide bonds. The second-order valence-electron chi connectivity index (χ2n) is 9.00. The van der Waals surface area contributed by atoms with Gasteiger partial charge in [0.25, 0.3) is 0 Å². The Bertz CT molecular complexity index is 974. The highest BCUT2D eigenvalue weighted by Gasteiger charge is 2.35. The van der Waals surface area contributed by atoms with Gasteiger partial charge in [-0.05, 0) is 77.2 Å². The lowest BCUT2D eigenvalue weighted by molar-refractivity contribution is 0.0994. The Morgan fingerprint density at radius 2 is 1.77 bits per heavy atom. The van der Waals surface area contributed by atoms with Gasteiger partial charge in [-0.1, -0.05) is 70.9 Å². The summed E-state index contributed by atoms with van der Waals surface area (Å²) in [6.45, 7) is 8.64. The van der Waals surface area contributed by atoms with Crippen LogP contribution < -0.4 is 5.32 Å². The van der Waals surface area contributed by atoms with Gasteiger partial charge in [-0.25, -0.2) is 0 Å². The zero-order valence-corrected chi connectivity index (χ0v) is 19.6. The zero-order chi connectivity index (χ0) is 22.0. The number of rotatable bonds is 6. The van der Waals surface area contributed by atoms with E-state index < -0.39 is 0 Å². The molecule has 1 heterocycles. The van der Waals surface area contributed by atoms with E-state index in [9.17, 15) is 4.79 Å². The van der Waals surface area contributed by atoms with E-state index in [1.54, 1.807) is 0 Å². The molecule has 0 spiro atoms. The molecule has 2 unspecified atom stereocenters. The topological polar surface area (TPSA) is 29.1 Å². The Labute approximate surface area is 188 Å². The summed E-state index contributed by atoms with van der Waals surface area (Å²) in [7, 11) is 0. The number of carbonyl (C=O) groups is 1. The fourth-order valence-electron chi connectivity index (χ4n) is 5.75. The van der Waals surface area contributed by atoms with Gasteiger partial charge >= 0.3 is 0 Å². The largest absolute Gasteiger partial charge is 0.384 e. The first-order valence-corrected chi connectivity index (χ1v) is 12.5. The first kappa shape index (κ1) is 21.9. The number of hydrogen-bond donors (Lipinski definition) is 1. The Kier molecular flexibility index (Phi) is 6.65. The zero-order valence-electron chi connectivity index (χ0n) is 19.6. The second kappa shape index (κ2) is 9.42. The first-order chi connectivity index (χ1) is 15.2. The predicted octanol–water partition coefficient (Wildman–Crippen LogP) is 7.72. The molecule has 0 radical (unpaired) electrons. The van der Waals surface area contributed by atoms with Gasteiger partial charge < -0.3 is 5.32 Å². The minimum absolute atomic E-state index is 0.322. The summed E-state index contributed by atoms with van der Waals surface area (Å²) < 4.78 is 0. The molecule has 31 heavy (non-hydrogen) atoms. The second-order valence-corrected chi connectivity index (χ2v) is 9.00. The molecule has 1 aliphatic heterocycles. The molecule has 2 nitrogen and oxygen atoms in total. The van der Waals surface area contributed by atoms with Crippen molar-refractivity contribution in [1.29, 1.82) is 0 Å². The molecule has 2 aromatic carbocycles. The molecule has 2 heteroatoms. The maximum absolute atomic E-state index is 12.4. The predicted molar refractivity (Wildman–Crippen MR) is 131 cm³/mol. The Hall–Kier alpha value is -2.35. The minimum Gasteiger partial charge on any atom is -0.384 e. The molecule has 0 aromatic heterocycles. The van der Waals surface area contributed by atoms with E-state index in [4.69, 9.17) is 0 Å². The molecule has 2 aromatic rings. The van der Waals surface area contributed by atoms with Crippen molar-refractivity contribution < 1.29 is 4.79 Å². The minimum atomic E-state index is 0.322. The van der Waals surface area contributed by atoms with Crippen LogP contribution in [0, 0.1) is 5.92 Å². The average Bonchev–Trinajstić information content (AvgIpc) is 3.54. The van der Waals surface area contributed by atoms with E-state index in [-0.39, 0.29) is 0 Å². The molecule has 1 N–H and O–H groups in total. The van der Waals surface area contributed by atoms with Gasteiger partial charge in [0.15, 0.2) is 5.78 Å². The molecular weight excluding hydrogens is 378 g/mol. The van der Waals surface area contributed by atoms with Crippen LogP contribution in [0.2, 0.25) is 0 Å². The van der Waals surface area contributed by atoms with Crippen LogP contribution in [0.15, 0.2) is 42.6 Å². The van der Waals surface area contributed by atoms with Gasteiger partial charge in [-0.3, -0.25) is 4.79 Å². The molecule has 3 aliphatic rings. The van der Waals surface area contributed by atoms with E-state index in [0.717, 1.165) is 24.3 Å². The third-order valence-corrected chi connectivity index (χ3v) is 7.55.